The van der Waals surface area contributed by atoms with Gasteiger partial charge in [0.1, 0.15) is 5.54 Å². The number of aliphatic hydroxyl groups is 1. The van der Waals surface area contributed by atoms with Crippen LogP contribution in [0.5, 0.6) is 0 Å². The Labute approximate surface area is 233 Å². The first-order valence-electron chi connectivity index (χ1n) is 13.2. The Morgan fingerprint density at radius 3 is 1.55 bits per heavy atom. The van der Waals surface area contributed by atoms with Crippen molar-refractivity contribution in [1.82, 2.24) is 0 Å². The number of ketones is 1. The van der Waals surface area contributed by atoms with E-state index in [1.54, 1.807) is 29.2 Å². The highest BCUT2D eigenvalue weighted by molar-refractivity contribution is 6.25. The van der Waals surface area contributed by atoms with Gasteiger partial charge in [0.25, 0.3) is 5.91 Å². The SMILES string of the molecule is O=C(/C=C/c1ccccc1)[C@@]1(O)C(=O)N(C(c2ccccc2)(c2ccccc2)c2ccccc2)c2ccccc21. The summed E-state index contributed by atoms with van der Waals surface area (Å²) < 4.78 is 0. The fraction of sp³-hybridized carbons (Fsp3) is 0.0556. The van der Waals surface area contributed by atoms with Crippen molar-refractivity contribution < 1.29 is 14.7 Å². The van der Waals surface area contributed by atoms with Gasteiger partial charge in [-0.15, -0.1) is 0 Å². The van der Waals surface area contributed by atoms with Crippen LogP contribution in [0.2, 0.25) is 0 Å². The fourth-order valence-corrected chi connectivity index (χ4v) is 5.71. The summed E-state index contributed by atoms with van der Waals surface area (Å²) in [6.45, 7) is 0. The minimum Gasteiger partial charge on any atom is -0.369 e. The van der Waals surface area contributed by atoms with Crippen LogP contribution < -0.4 is 4.90 Å². The predicted molar refractivity (Wildman–Crippen MR) is 158 cm³/mol. The molecule has 6 rings (SSSR count). The van der Waals surface area contributed by atoms with Gasteiger partial charge < -0.3 is 5.11 Å². The third kappa shape index (κ3) is 3.89. The van der Waals surface area contributed by atoms with Gasteiger partial charge >= 0.3 is 0 Å². The number of carbonyl (C=O) groups excluding carboxylic acids is 2. The number of para-hydroxylation sites is 1. The number of carbonyl (C=O) groups is 2. The van der Waals surface area contributed by atoms with E-state index in [-0.39, 0.29) is 5.56 Å². The molecule has 0 saturated carbocycles. The second-order valence-electron chi connectivity index (χ2n) is 9.78. The second-order valence-corrected chi connectivity index (χ2v) is 9.78. The Balaban J connectivity index is 1.62. The van der Waals surface area contributed by atoms with Gasteiger partial charge in [-0.05, 0) is 34.4 Å². The molecular weight excluding hydrogens is 494 g/mol. The van der Waals surface area contributed by atoms with Crippen LogP contribution in [0.4, 0.5) is 5.69 Å². The summed E-state index contributed by atoms with van der Waals surface area (Å²) in [4.78, 5) is 30.1. The van der Waals surface area contributed by atoms with E-state index < -0.39 is 22.8 Å². The van der Waals surface area contributed by atoms with Crippen LogP contribution in [0, 0.1) is 0 Å². The van der Waals surface area contributed by atoms with Crippen molar-refractivity contribution in [2.75, 3.05) is 4.90 Å². The second kappa shape index (κ2) is 10.3. The quantitative estimate of drug-likeness (QED) is 0.151. The largest absolute Gasteiger partial charge is 0.369 e. The molecule has 0 aromatic heterocycles. The van der Waals surface area contributed by atoms with Crippen molar-refractivity contribution in [3.63, 3.8) is 0 Å². The number of nitrogens with zero attached hydrogens (tertiary/aromatic N) is 1. The van der Waals surface area contributed by atoms with Crippen LogP contribution in [0.25, 0.3) is 6.08 Å². The van der Waals surface area contributed by atoms with Crippen molar-refractivity contribution >= 4 is 23.5 Å². The summed E-state index contributed by atoms with van der Waals surface area (Å²) in [6, 6.07) is 45.6. The molecule has 0 spiro atoms. The van der Waals surface area contributed by atoms with E-state index in [2.05, 4.69) is 0 Å². The van der Waals surface area contributed by atoms with Gasteiger partial charge in [0, 0.05) is 5.56 Å². The molecule has 1 N–H and O–H groups in total. The maximum atomic E-state index is 14.7. The third-order valence-electron chi connectivity index (χ3n) is 7.54. The van der Waals surface area contributed by atoms with Crippen LogP contribution in [0.1, 0.15) is 27.8 Å². The number of hydrogen-bond acceptors (Lipinski definition) is 3. The molecule has 0 aliphatic carbocycles. The van der Waals surface area contributed by atoms with Gasteiger partial charge in [0.15, 0.2) is 0 Å². The summed E-state index contributed by atoms with van der Waals surface area (Å²) in [5, 5.41) is 12.1. The van der Waals surface area contributed by atoms with E-state index in [0.29, 0.717) is 5.69 Å². The average molecular weight is 522 g/mol. The highest BCUT2D eigenvalue weighted by Gasteiger charge is 2.60. The maximum absolute atomic E-state index is 14.7. The van der Waals surface area contributed by atoms with E-state index in [1.807, 2.05) is 127 Å². The van der Waals surface area contributed by atoms with Crippen LogP contribution in [0.3, 0.4) is 0 Å². The average Bonchev–Trinajstić information content (AvgIpc) is 3.26. The molecule has 5 aromatic rings. The number of anilines is 1. The van der Waals surface area contributed by atoms with Gasteiger partial charge in [0.2, 0.25) is 11.4 Å². The Morgan fingerprint density at radius 2 is 1.05 bits per heavy atom. The van der Waals surface area contributed by atoms with Gasteiger partial charge in [-0.3, -0.25) is 14.5 Å². The lowest BCUT2D eigenvalue weighted by Crippen LogP contribution is -2.55. The standard InChI is InChI=1S/C36H27NO3/c38-33(26-25-27-15-5-1-6-16-27)36(40)31-23-13-14-24-32(31)37(34(36)39)35(28-17-7-2-8-18-28,29-19-9-3-10-20-29)30-21-11-4-12-22-30/h1-26,40H/b26-25+/t36-/m1/s1. The zero-order chi connectivity index (χ0) is 27.6. The lowest BCUT2D eigenvalue weighted by molar-refractivity contribution is -0.147. The minimum atomic E-state index is -2.40. The molecule has 0 unspecified atom stereocenters. The Hall–Kier alpha value is -5.06. The molecule has 1 aliphatic heterocycles. The first-order chi connectivity index (χ1) is 19.6. The van der Waals surface area contributed by atoms with Gasteiger partial charge in [0.05, 0.1) is 5.69 Å². The zero-order valence-electron chi connectivity index (χ0n) is 21.7. The van der Waals surface area contributed by atoms with Crippen LogP contribution in [-0.4, -0.2) is 16.8 Å². The smallest absolute Gasteiger partial charge is 0.273 e. The Morgan fingerprint density at radius 1 is 0.625 bits per heavy atom. The number of hydrogen-bond donors (Lipinski definition) is 1. The molecule has 0 bridgehead atoms. The summed E-state index contributed by atoms with van der Waals surface area (Å²) in [6.07, 6.45) is 2.92. The molecule has 5 aromatic carbocycles. The molecule has 194 valence electrons. The molecule has 0 fully saturated rings. The van der Waals surface area contributed by atoms with Crippen molar-refractivity contribution in [1.29, 1.82) is 0 Å². The lowest BCUT2D eigenvalue weighted by atomic mass is 9.75. The topological polar surface area (TPSA) is 57.6 Å². The molecule has 1 heterocycles. The lowest BCUT2D eigenvalue weighted by Gasteiger charge is -2.44. The number of fused-ring (bicyclic) bond motifs is 1. The summed E-state index contributed by atoms with van der Waals surface area (Å²) in [5.41, 5.74) is 0.437. The maximum Gasteiger partial charge on any atom is 0.273 e. The molecule has 4 nitrogen and oxygen atoms in total. The summed E-state index contributed by atoms with van der Waals surface area (Å²) in [5.74, 6) is -1.40. The summed E-state index contributed by atoms with van der Waals surface area (Å²) >= 11 is 0. The molecule has 1 atom stereocenters. The Kier molecular flexibility index (Phi) is 6.47. The minimum absolute atomic E-state index is 0.259. The predicted octanol–water partition coefficient (Wildman–Crippen LogP) is 6.50. The Bertz CT molecular complexity index is 1590. The number of amides is 1. The van der Waals surface area contributed by atoms with E-state index >= 15 is 0 Å². The molecule has 4 heteroatoms. The highest BCUT2D eigenvalue weighted by atomic mass is 16.3. The van der Waals surface area contributed by atoms with E-state index in [0.717, 1.165) is 22.3 Å². The first-order valence-corrected chi connectivity index (χ1v) is 13.2. The van der Waals surface area contributed by atoms with E-state index in [4.69, 9.17) is 0 Å². The highest BCUT2D eigenvalue weighted by Crippen LogP contribution is 2.52. The molecule has 0 saturated heterocycles. The van der Waals surface area contributed by atoms with E-state index in [1.165, 1.54) is 6.08 Å². The summed E-state index contributed by atoms with van der Waals surface area (Å²) in [7, 11) is 0. The fourth-order valence-electron chi connectivity index (χ4n) is 5.71. The van der Waals surface area contributed by atoms with Crippen molar-refractivity contribution in [2.24, 2.45) is 0 Å². The first kappa shape index (κ1) is 25.2. The van der Waals surface area contributed by atoms with Crippen molar-refractivity contribution in [3.8, 4) is 0 Å². The van der Waals surface area contributed by atoms with Crippen molar-refractivity contribution in [3.05, 3.63) is 179 Å². The van der Waals surface area contributed by atoms with Gasteiger partial charge in [-0.25, -0.2) is 0 Å². The van der Waals surface area contributed by atoms with Crippen LogP contribution >= 0.6 is 0 Å². The third-order valence-corrected chi connectivity index (χ3v) is 7.54. The van der Waals surface area contributed by atoms with Gasteiger partial charge in [-0.2, -0.15) is 0 Å². The molecule has 40 heavy (non-hydrogen) atoms. The monoisotopic (exact) mass is 521 g/mol. The normalized spacial score (nSPS) is 16.7. The van der Waals surface area contributed by atoms with Crippen LogP contribution in [0.15, 0.2) is 152 Å². The molecular formula is C36H27NO3. The van der Waals surface area contributed by atoms with Crippen LogP contribution in [-0.2, 0) is 20.7 Å². The molecule has 1 aliphatic rings. The van der Waals surface area contributed by atoms with E-state index in [9.17, 15) is 14.7 Å². The van der Waals surface area contributed by atoms with Crippen molar-refractivity contribution in [2.45, 2.75) is 11.1 Å². The number of benzene rings is 5. The zero-order valence-corrected chi connectivity index (χ0v) is 21.7. The van der Waals surface area contributed by atoms with Gasteiger partial charge in [-0.1, -0.05) is 146 Å². The molecule has 0 radical (unpaired) electrons. The molecule has 1 amide bonds. The number of rotatable bonds is 7.